The van der Waals surface area contributed by atoms with E-state index in [1.165, 1.54) is 17.5 Å². The van der Waals surface area contributed by atoms with Gasteiger partial charge in [0.15, 0.2) is 5.06 Å². The number of nitrogens with zero attached hydrogens (tertiary/aromatic N) is 1. The summed E-state index contributed by atoms with van der Waals surface area (Å²) >= 11 is 1.46. The van der Waals surface area contributed by atoms with Crippen molar-refractivity contribution in [1.29, 1.82) is 0 Å². The van der Waals surface area contributed by atoms with Crippen LogP contribution in [0.1, 0.15) is 0 Å². The first-order chi connectivity index (χ1) is 6.79. The third-order valence-electron chi connectivity index (χ3n) is 1.70. The number of ether oxygens (including phenoxy) is 1. The number of thiophene rings is 1. The SMILES string of the molecule is COc1ccc(-c2cncc(=O)[nH]2)s1. The zero-order valence-corrected chi connectivity index (χ0v) is 8.30. The number of rotatable bonds is 2. The Morgan fingerprint density at radius 1 is 1.43 bits per heavy atom. The molecule has 2 rings (SSSR count). The third-order valence-corrected chi connectivity index (χ3v) is 2.78. The highest BCUT2D eigenvalue weighted by atomic mass is 32.1. The number of hydrogen-bond donors (Lipinski definition) is 1. The van der Waals surface area contributed by atoms with Gasteiger partial charge in [-0.2, -0.15) is 0 Å². The van der Waals surface area contributed by atoms with Crippen LogP contribution >= 0.6 is 11.3 Å². The van der Waals surface area contributed by atoms with Crippen molar-refractivity contribution < 1.29 is 4.74 Å². The molecule has 1 N–H and O–H groups in total. The smallest absolute Gasteiger partial charge is 0.266 e. The van der Waals surface area contributed by atoms with Gasteiger partial charge in [-0.1, -0.05) is 11.3 Å². The van der Waals surface area contributed by atoms with Gasteiger partial charge >= 0.3 is 0 Å². The maximum atomic E-state index is 11.0. The van der Waals surface area contributed by atoms with Crippen molar-refractivity contribution in [3.63, 3.8) is 0 Å². The lowest BCUT2D eigenvalue weighted by atomic mass is 10.4. The molecule has 0 fully saturated rings. The fourth-order valence-electron chi connectivity index (χ4n) is 1.08. The van der Waals surface area contributed by atoms with Crippen molar-refractivity contribution in [2.24, 2.45) is 0 Å². The van der Waals surface area contributed by atoms with E-state index in [0.29, 0.717) is 5.69 Å². The van der Waals surface area contributed by atoms with Gasteiger partial charge in [-0.15, -0.1) is 0 Å². The molecule has 0 atom stereocenters. The van der Waals surface area contributed by atoms with E-state index in [1.54, 1.807) is 13.3 Å². The Morgan fingerprint density at radius 2 is 2.29 bits per heavy atom. The van der Waals surface area contributed by atoms with Gasteiger partial charge in [0, 0.05) is 0 Å². The molecule has 14 heavy (non-hydrogen) atoms. The van der Waals surface area contributed by atoms with E-state index in [1.807, 2.05) is 12.1 Å². The van der Waals surface area contributed by atoms with E-state index >= 15 is 0 Å². The second kappa shape index (κ2) is 3.63. The van der Waals surface area contributed by atoms with Crippen LogP contribution in [0.4, 0.5) is 0 Å². The fraction of sp³-hybridized carbons (Fsp3) is 0.111. The van der Waals surface area contributed by atoms with E-state index in [-0.39, 0.29) is 5.56 Å². The predicted octanol–water partition coefficient (Wildman–Crippen LogP) is 1.51. The standard InChI is InChI=1S/C9H8N2O2S/c1-13-9-3-2-7(14-9)6-4-10-5-8(12)11-6/h2-5H,1H3,(H,11,12). The summed E-state index contributed by atoms with van der Waals surface area (Å²) in [4.78, 5) is 18.4. The van der Waals surface area contributed by atoms with Crippen molar-refractivity contribution in [3.05, 3.63) is 34.9 Å². The summed E-state index contributed by atoms with van der Waals surface area (Å²) in [5.41, 5.74) is 0.515. The lowest BCUT2D eigenvalue weighted by Crippen LogP contribution is -2.04. The van der Waals surface area contributed by atoms with E-state index in [0.717, 1.165) is 9.94 Å². The number of H-pyrrole nitrogens is 1. The number of nitrogens with one attached hydrogen (secondary N) is 1. The Balaban J connectivity index is 2.44. The quantitative estimate of drug-likeness (QED) is 0.813. The van der Waals surface area contributed by atoms with Crippen LogP contribution in [0, 0.1) is 0 Å². The molecule has 0 unspecified atom stereocenters. The molecular formula is C9H8N2O2S. The van der Waals surface area contributed by atoms with Crippen molar-refractivity contribution in [2.45, 2.75) is 0 Å². The predicted molar refractivity (Wildman–Crippen MR) is 54.7 cm³/mol. The summed E-state index contributed by atoms with van der Waals surface area (Å²) in [5.74, 6) is 0. The zero-order chi connectivity index (χ0) is 9.97. The minimum Gasteiger partial charge on any atom is -0.487 e. The van der Waals surface area contributed by atoms with Gasteiger partial charge in [-0.05, 0) is 12.1 Å². The molecule has 0 aliphatic carbocycles. The average Bonchev–Trinajstić information content (AvgIpc) is 2.66. The van der Waals surface area contributed by atoms with Crippen molar-refractivity contribution in [3.8, 4) is 15.6 Å². The first-order valence-corrected chi connectivity index (χ1v) is 4.80. The Bertz CT molecular complexity index is 489. The minimum absolute atomic E-state index is 0.199. The topological polar surface area (TPSA) is 55.0 Å². The van der Waals surface area contributed by atoms with Crippen LogP contribution in [-0.2, 0) is 0 Å². The molecule has 0 saturated heterocycles. The molecule has 2 aromatic heterocycles. The van der Waals surface area contributed by atoms with Crippen molar-refractivity contribution >= 4 is 11.3 Å². The number of hydrogen-bond acceptors (Lipinski definition) is 4. The second-order valence-corrected chi connectivity index (χ2v) is 3.68. The summed E-state index contributed by atoms with van der Waals surface area (Å²) < 4.78 is 5.05. The number of aromatic amines is 1. The van der Waals surface area contributed by atoms with Crippen LogP contribution in [0.25, 0.3) is 10.6 Å². The second-order valence-electron chi connectivity index (χ2n) is 2.63. The van der Waals surface area contributed by atoms with E-state index in [4.69, 9.17) is 4.74 Å². The monoisotopic (exact) mass is 208 g/mol. The first kappa shape index (κ1) is 8.96. The fourth-order valence-corrected chi connectivity index (χ4v) is 1.86. The van der Waals surface area contributed by atoms with Gasteiger partial charge in [0.05, 0.1) is 30.1 Å². The lowest BCUT2D eigenvalue weighted by molar-refractivity contribution is 0.427. The highest BCUT2D eigenvalue weighted by Crippen LogP contribution is 2.30. The number of methoxy groups -OCH3 is 1. The molecule has 0 aliphatic heterocycles. The Hall–Kier alpha value is -1.62. The van der Waals surface area contributed by atoms with E-state index in [2.05, 4.69) is 9.97 Å². The first-order valence-electron chi connectivity index (χ1n) is 3.98. The van der Waals surface area contributed by atoms with Crippen LogP contribution in [0.15, 0.2) is 29.3 Å². The average molecular weight is 208 g/mol. The van der Waals surface area contributed by atoms with Gasteiger partial charge in [0.25, 0.3) is 5.56 Å². The summed E-state index contributed by atoms with van der Waals surface area (Å²) in [6, 6.07) is 3.74. The van der Waals surface area contributed by atoms with Crippen LogP contribution < -0.4 is 10.3 Å². The molecule has 4 nitrogen and oxygen atoms in total. The summed E-state index contributed by atoms with van der Waals surface area (Å²) in [6.07, 6.45) is 2.86. The van der Waals surface area contributed by atoms with Crippen LogP contribution in [0.2, 0.25) is 0 Å². The van der Waals surface area contributed by atoms with Gasteiger partial charge < -0.3 is 9.72 Å². The summed E-state index contributed by atoms with van der Waals surface area (Å²) in [5, 5.41) is 0.810. The van der Waals surface area contributed by atoms with Gasteiger partial charge in [0.2, 0.25) is 0 Å². The molecule has 0 saturated carbocycles. The normalized spacial score (nSPS) is 10.1. The molecule has 2 heterocycles. The maximum absolute atomic E-state index is 11.0. The minimum atomic E-state index is -0.199. The highest BCUT2D eigenvalue weighted by Gasteiger charge is 2.03. The van der Waals surface area contributed by atoms with Crippen molar-refractivity contribution in [1.82, 2.24) is 9.97 Å². The molecule has 2 aromatic rings. The van der Waals surface area contributed by atoms with Crippen molar-refractivity contribution in [2.75, 3.05) is 7.11 Å². The van der Waals surface area contributed by atoms with Crippen LogP contribution in [-0.4, -0.2) is 17.1 Å². The van der Waals surface area contributed by atoms with E-state index < -0.39 is 0 Å². The van der Waals surface area contributed by atoms with Gasteiger partial charge in [-0.3, -0.25) is 9.78 Å². The lowest BCUT2D eigenvalue weighted by Gasteiger charge is -1.94. The molecule has 0 bridgehead atoms. The highest BCUT2D eigenvalue weighted by molar-refractivity contribution is 7.17. The van der Waals surface area contributed by atoms with Crippen LogP contribution in [0.5, 0.6) is 5.06 Å². The third kappa shape index (κ3) is 1.67. The summed E-state index contributed by atoms with van der Waals surface area (Å²) in [7, 11) is 1.61. The molecular weight excluding hydrogens is 200 g/mol. The molecule has 72 valence electrons. The molecule has 0 radical (unpaired) electrons. The Morgan fingerprint density at radius 3 is 2.93 bits per heavy atom. The van der Waals surface area contributed by atoms with E-state index in [9.17, 15) is 4.79 Å². The Kier molecular flexibility index (Phi) is 2.32. The zero-order valence-electron chi connectivity index (χ0n) is 7.48. The maximum Gasteiger partial charge on any atom is 0.266 e. The molecule has 0 amide bonds. The largest absolute Gasteiger partial charge is 0.487 e. The number of aromatic nitrogens is 2. The molecule has 0 aromatic carbocycles. The summed E-state index contributed by atoms with van der Waals surface area (Å²) in [6.45, 7) is 0. The Labute approximate surface area is 84.2 Å². The van der Waals surface area contributed by atoms with Gasteiger partial charge in [-0.25, -0.2) is 0 Å². The molecule has 5 heteroatoms. The van der Waals surface area contributed by atoms with Gasteiger partial charge in [0.1, 0.15) is 0 Å². The molecule has 0 spiro atoms. The molecule has 0 aliphatic rings. The van der Waals surface area contributed by atoms with Crippen LogP contribution in [0.3, 0.4) is 0 Å².